The summed E-state index contributed by atoms with van der Waals surface area (Å²) in [6.45, 7) is 0.862. The van der Waals surface area contributed by atoms with Crippen LogP contribution in [-0.4, -0.2) is 51.7 Å². The van der Waals surface area contributed by atoms with Gasteiger partial charge in [-0.1, -0.05) is 6.07 Å². The number of methoxy groups -OCH3 is 2. The van der Waals surface area contributed by atoms with Crippen molar-refractivity contribution in [2.24, 2.45) is 0 Å². The number of anilines is 2. The van der Waals surface area contributed by atoms with Crippen LogP contribution in [-0.2, 0) is 14.3 Å². The fraction of sp³-hybridized carbons (Fsp3) is 0.250. The van der Waals surface area contributed by atoms with Crippen molar-refractivity contribution >= 4 is 29.2 Å². The molecule has 0 aliphatic rings. The molecule has 28 heavy (non-hydrogen) atoms. The molecule has 0 spiro atoms. The van der Waals surface area contributed by atoms with Gasteiger partial charge in [0, 0.05) is 30.6 Å². The number of benzene rings is 2. The lowest BCUT2D eigenvalue weighted by molar-refractivity contribution is -0.114. The number of nitrogens with one attached hydrogen (secondary N) is 3. The van der Waals surface area contributed by atoms with Crippen LogP contribution in [0.15, 0.2) is 48.5 Å². The maximum atomic E-state index is 12.1. The Morgan fingerprint density at radius 1 is 0.929 bits per heavy atom. The van der Waals surface area contributed by atoms with Crippen molar-refractivity contribution in [3.8, 4) is 0 Å². The molecule has 0 aromatic heterocycles. The first-order valence-corrected chi connectivity index (χ1v) is 8.63. The maximum absolute atomic E-state index is 12.1. The maximum Gasteiger partial charge on any atom is 0.337 e. The van der Waals surface area contributed by atoms with E-state index in [-0.39, 0.29) is 18.4 Å². The summed E-state index contributed by atoms with van der Waals surface area (Å²) in [5.41, 5.74) is 2.08. The van der Waals surface area contributed by atoms with Crippen molar-refractivity contribution < 1.29 is 23.9 Å². The number of carbonyl (C=O) groups is 3. The highest BCUT2D eigenvalue weighted by atomic mass is 16.5. The fourth-order valence-corrected chi connectivity index (χ4v) is 2.34. The largest absolute Gasteiger partial charge is 0.465 e. The first kappa shape index (κ1) is 20.9. The summed E-state index contributed by atoms with van der Waals surface area (Å²) in [5.74, 6) is -0.929. The van der Waals surface area contributed by atoms with Crippen LogP contribution in [0.25, 0.3) is 0 Å². The first-order valence-electron chi connectivity index (χ1n) is 8.63. The fourth-order valence-electron chi connectivity index (χ4n) is 2.34. The molecule has 3 N–H and O–H groups in total. The SMILES string of the molecule is COCCNC(=O)c1cccc(NC(=O)CNc2ccc(C(=O)OC)cc2)c1. The van der Waals surface area contributed by atoms with Crippen LogP contribution < -0.4 is 16.0 Å². The molecule has 8 heteroatoms. The molecule has 0 bridgehead atoms. The van der Waals surface area contributed by atoms with Crippen LogP contribution in [0.5, 0.6) is 0 Å². The number of ether oxygens (including phenoxy) is 2. The molecule has 2 aromatic rings. The van der Waals surface area contributed by atoms with Gasteiger partial charge >= 0.3 is 5.97 Å². The standard InChI is InChI=1S/C20H23N3O5/c1-27-11-10-21-19(25)15-4-3-5-17(12-15)23-18(24)13-22-16-8-6-14(7-9-16)20(26)28-2/h3-9,12,22H,10-11,13H2,1-2H3,(H,21,25)(H,23,24). The molecule has 148 valence electrons. The van der Waals surface area contributed by atoms with E-state index < -0.39 is 5.97 Å². The summed E-state index contributed by atoms with van der Waals surface area (Å²) in [5, 5.41) is 8.42. The van der Waals surface area contributed by atoms with Crippen molar-refractivity contribution in [2.45, 2.75) is 0 Å². The summed E-state index contributed by atoms with van der Waals surface area (Å²) in [7, 11) is 2.88. The Kier molecular flexibility index (Phi) is 7.98. The number of hydrogen-bond donors (Lipinski definition) is 3. The number of hydrogen-bond acceptors (Lipinski definition) is 6. The highest BCUT2D eigenvalue weighted by Crippen LogP contribution is 2.12. The van der Waals surface area contributed by atoms with E-state index >= 15 is 0 Å². The second-order valence-corrected chi connectivity index (χ2v) is 5.80. The second kappa shape index (κ2) is 10.7. The highest BCUT2D eigenvalue weighted by Gasteiger charge is 2.08. The molecule has 0 radical (unpaired) electrons. The third kappa shape index (κ3) is 6.40. The summed E-state index contributed by atoms with van der Waals surface area (Å²) in [4.78, 5) is 35.6. The van der Waals surface area contributed by atoms with E-state index in [1.54, 1.807) is 55.6 Å². The zero-order chi connectivity index (χ0) is 20.4. The van der Waals surface area contributed by atoms with Crippen molar-refractivity contribution in [1.29, 1.82) is 0 Å². The molecule has 0 heterocycles. The van der Waals surface area contributed by atoms with E-state index in [0.29, 0.717) is 35.7 Å². The smallest absolute Gasteiger partial charge is 0.337 e. The highest BCUT2D eigenvalue weighted by molar-refractivity contribution is 5.98. The van der Waals surface area contributed by atoms with Gasteiger partial charge in [0.2, 0.25) is 5.91 Å². The molecular weight excluding hydrogens is 362 g/mol. The molecule has 0 aliphatic heterocycles. The summed E-state index contributed by atoms with van der Waals surface area (Å²) in [6.07, 6.45) is 0. The van der Waals surface area contributed by atoms with Crippen LogP contribution in [0.2, 0.25) is 0 Å². The van der Waals surface area contributed by atoms with E-state index in [2.05, 4.69) is 20.7 Å². The van der Waals surface area contributed by atoms with Gasteiger partial charge in [0.25, 0.3) is 5.91 Å². The molecule has 0 unspecified atom stereocenters. The van der Waals surface area contributed by atoms with Gasteiger partial charge in [-0.05, 0) is 42.5 Å². The molecule has 8 nitrogen and oxygen atoms in total. The Bertz CT molecular complexity index is 821. The molecule has 0 atom stereocenters. The van der Waals surface area contributed by atoms with Crippen molar-refractivity contribution in [3.63, 3.8) is 0 Å². The van der Waals surface area contributed by atoms with E-state index in [1.165, 1.54) is 7.11 Å². The van der Waals surface area contributed by atoms with Gasteiger partial charge in [0.15, 0.2) is 0 Å². The monoisotopic (exact) mass is 385 g/mol. The van der Waals surface area contributed by atoms with Gasteiger partial charge in [-0.3, -0.25) is 9.59 Å². The van der Waals surface area contributed by atoms with Crippen molar-refractivity contribution in [3.05, 3.63) is 59.7 Å². The topological polar surface area (TPSA) is 106 Å². The van der Waals surface area contributed by atoms with Gasteiger partial charge in [-0.2, -0.15) is 0 Å². The van der Waals surface area contributed by atoms with Crippen molar-refractivity contribution in [2.75, 3.05) is 44.5 Å². The molecule has 0 fully saturated rings. The zero-order valence-corrected chi connectivity index (χ0v) is 15.8. The van der Waals surface area contributed by atoms with Gasteiger partial charge in [0.1, 0.15) is 0 Å². The Labute approximate surface area is 163 Å². The van der Waals surface area contributed by atoms with E-state index in [9.17, 15) is 14.4 Å². The van der Waals surface area contributed by atoms with Crippen molar-refractivity contribution in [1.82, 2.24) is 5.32 Å². The Balaban J connectivity index is 1.86. The third-order valence-corrected chi connectivity index (χ3v) is 3.76. The van der Waals surface area contributed by atoms with E-state index in [1.807, 2.05) is 0 Å². The zero-order valence-electron chi connectivity index (χ0n) is 15.8. The Morgan fingerprint density at radius 3 is 2.36 bits per heavy atom. The summed E-state index contributed by atoms with van der Waals surface area (Å²) in [6, 6.07) is 13.3. The number of esters is 1. The lowest BCUT2D eigenvalue weighted by Gasteiger charge is -2.10. The Morgan fingerprint density at radius 2 is 1.68 bits per heavy atom. The van der Waals surface area contributed by atoms with Crippen LogP contribution in [0.1, 0.15) is 20.7 Å². The van der Waals surface area contributed by atoms with Gasteiger partial charge in [-0.25, -0.2) is 4.79 Å². The second-order valence-electron chi connectivity index (χ2n) is 5.80. The minimum Gasteiger partial charge on any atom is -0.465 e. The lowest BCUT2D eigenvalue weighted by atomic mass is 10.2. The molecule has 0 aliphatic carbocycles. The molecule has 2 aromatic carbocycles. The molecular formula is C20H23N3O5. The number of rotatable bonds is 9. The molecule has 0 saturated heterocycles. The third-order valence-electron chi connectivity index (χ3n) is 3.76. The quantitative estimate of drug-likeness (QED) is 0.450. The summed E-state index contributed by atoms with van der Waals surface area (Å²) >= 11 is 0. The molecule has 0 saturated carbocycles. The molecule has 2 amide bonds. The van der Waals surface area contributed by atoms with Gasteiger partial charge < -0.3 is 25.4 Å². The van der Waals surface area contributed by atoms with Gasteiger partial charge in [0.05, 0.1) is 25.8 Å². The summed E-state index contributed by atoms with van der Waals surface area (Å²) < 4.78 is 9.53. The van der Waals surface area contributed by atoms with Crippen LogP contribution in [0, 0.1) is 0 Å². The van der Waals surface area contributed by atoms with Crippen LogP contribution >= 0.6 is 0 Å². The number of carbonyl (C=O) groups excluding carboxylic acids is 3. The predicted octanol–water partition coefficient (Wildman–Crippen LogP) is 1.90. The van der Waals surface area contributed by atoms with E-state index in [4.69, 9.17) is 4.74 Å². The number of amides is 2. The minimum absolute atomic E-state index is 0.0296. The van der Waals surface area contributed by atoms with Crippen LogP contribution in [0.3, 0.4) is 0 Å². The minimum atomic E-state index is -0.421. The van der Waals surface area contributed by atoms with E-state index in [0.717, 1.165) is 0 Å². The van der Waals surface area contributed by atoms with Crippen LogP contribution in [0.4, 0.5) is 11.4 Å². The average Bonchev–Trinajstić information content (AvgIpc) is 2.72. The van der Waals surface area contributed by atoms with Gasteiger partial charge in [-0.15, -0.1) is 0 Å². The average molecular weight is 385 g/mol. The normalized spacial score (nSPS) is 10.1. The first-order chi connectivity index (χ1) is 13.5. The molecule has 2 rings (SSSR count). The Hall–Kier alpha value is -3.39. The predicted molar refractivity (Wildman–Crippen MR) is 106 cm³/mol. The lowest BCUT2D eigenvalue weighted by Crippen LogP contribution is -2.27.